The number of nitrogens with zero attached hydrogens (tertiary/aromatic N) is 2. The molecule has 1 atom stereocenters. The zero-order chi connectivity index (χ0) is 18.9. The van der Waals surface area contributed by atoms with Gasteiger partial charge in [0.1, 0.15) is 11.4 Å². The normalized spacial score (nSPS) is 20.3. The Kier molecular flexibility index (Phi) is 5.29. The third-order valence-corrected chi connectivity index (χ3v) is 4.42. The minimum atomic E-state index is -0.563. The zero-order valence-electron chi connectivity index (χ0n) is 15.3. The lowest BCUT2D eigenvalue weighted by Gasteiger charge is -2.35. The van der Waals surface area contributed by atoms with Crippen LogP contribution in [0.15, 0.2) is 18.2 Å². The van der Waals surface area contributed by atoms with Gasteiger partial charge >= 0.3 is 6.09 Å². The van der Waals surface area contributed by atoms with Crippen molar-refractivity contribution in [2.75, 3.05) is 26.2 Å². The molecule has 7 nitrogen and oxygen atoms in total. The molecule has 0 bridgehead atoms. The lowest BCUT2D eigenvalue weighted by molar-refractivity contribution is -0.133. The number of hydrogen-bond donors (Lipinski definition) is 1. The SMILES string of the molecule is CC(C)(C)OC(=O)N1CCN(NC(=O)C2Cc3cc(Cl)ccc3O2)CC1. The average Bonchev–Trinajstić information content (AvgIpc) is 2.97. The summed E-state index contributed by atoms with van der Waals surface area (Å²) in [5.41, 5.74) is 3.30. The Morgan fingerprint density at radius 3 is 2.58 bits per heavy atom. The number of ether oxygens (including phenoxy) is 2. The lowest BCUT2D eigenvalue weighted by atomic mass is 10.1. The standard InChI is InChI=1S/C18H24ClN3O4/c1-18(2,3)26-17(24)21-6-8-22(9-7-21)20-16(23)15-11-12-10-13(19)4-5-14(12)25-15/h4-5,10,15H,6-9,11H2,1-3H3,(H,20,23). The third kappa shape index (κ3) is 4.59. The molecule has 0 aliphatic carbocycles. The summed E-state index contributed by atoms with van der Waals surface area (Å²) in [5.74, 6) is 0.507. The number of benzene rings is 1. The molecule has 2 aliphatic heterocycles. The number of hydrogen-bond acceptors (Lipinski definition) is 5. The smallest absolute Gasteiger partial charge is 0.410 e. The van der Waals surface area contributed by atoms with Crippen molar-refractivity contribution in [3.05, 3.63) is 28.8 Å². The predicted molar refractivity (Wildman–Crippen MR) is 97.1 cm³/mol. The molecule has 0 saturated carbocycles. The average molecular weight is 382 g/mol. The van der Waals surface area contributed by atoms with E-state index in [2.05, 4.69) is 5.43 Å². The minimum absolute atomic E-state index is 0.192. The fourth-order valence-electron chi connectivity index (χ4n) is 2.92. The van der Waals surface area contributed by atoms with Gasteiger partial charge in [0.05, 0.1) is 0 Å². The van der Waals surface area contributed by atoms with Gasteiger partial charge in [-0.3, -0.25) is 10.2 Å². The van der Waals surface area contributed by atoms with Gasteiger partial charge in [-0.2, -0.15) is 0 Å². The molecular formula is C18H24ClN3O4. The predicted octanol–water partition coefficient (Wildman–Crippen LogP) is 2.23. The molecule has 8 heteroatoms. The third-order valence-electron chi connectivity index (χ3n) is 4.19. The second-order valence-corrected chi connectivity index (χ2v) is 7.93. The molecule has 0 radical (unpaired) electrons. The number of carbonyl (C=O) groups is 2. The Morgan fingerprint density at radius 2 is 1.92 bits per heavy atom. The van der Waals surface area contributed by atoms with Crippen LogP contribution < -0.4 is 10.2 Å². The highest BCUT2D eigenvalue weighted by Crippen LogP contribution is 2.31. The van der Waals surface area contributed by atoms with Crippen molar-refractivity contribution in [3.8, 4) is 5.75 Å². The molecule has 2 aliphatic rings. The van der Waals surface area contributed by atoms with Crippen molar-refractivity contribution >= 4 is 23.6 Å². The molecular weight excluding hydrogens is 358 g/mol. The van der Waals surface area contributed by atoms with Gasteiger partial charge in [0.2, 0.25) is 0 Å². The maximum Gasteiger partial charge on any atom is 0.410 e. The lowest BCUT2D eigenvalue weighted by Crippen LogP contribution is -2.57. The highest BCUT2D eigenvalue weighted by atomic mass is 35.5. The van der Waals surface area contributed by atoms with Gasteiger partial charge in [0.25, 0.3) is 5.91 Å². The van der Waals surface area contributed by atoms with Crippen LogP contribution >= 0.6 is 11.6 Å². The van der Waals surface area contributed by atoms with Crippen molar-refractivity contribution in [1.82, 2.24) is 15.3 Å². The summed E-state index contributed by atoms with van der Waals surface area (Å²) in [6.07, 6.45) is -0.387. The molecule has 0 aromatic heterocycles. The zero-order valence-corrected chi connectivity index (χ0v) is 16.0. The molecule has 1 N–H and O–H groups in total. The molecule has 142 valence electrons. The molecule has 0 spiro atoms. The molecule has 2 amide bonds. The highest BCUT2D eigenvalue weighted by Gasteiger charge is 2.32. The van der Waals surface area contributed by atoms with Gasteiger partial charge in [0.15, 0.2) is 6.10 Å². The van der Waals surface area contributed by atoms with Crippen LogP contribution in [0.5, 0.6) is 5.75 Å². The maximum absolute atomic E-state index is 12.5. The second kappa shape index (κ2) is 7.32. The Bertz CT molecular complexity index is 696. The van der Waals surface area contributed by atoms with Gasteiger partial charge in [0, 0.05) is 37.6 Å². The Balaban J connectivity index is 1.46. The number of carbonyl (C=O) groups excluding carboxylic acids is 2. The number of fused-ring (bicyclic) bond motifs is 1. The molecule has 3 rings (SSSR count). The number of amides is 2. The summed E-state index contributed by atoms with van der Waals surface area (Å²) in [4.78, 5) is 26.2. The highest BCUT2D eigenvalue weighted by molar-refractivity contribution is 6.30. The van der Waals surface area contributed by atoms with E-state index in [0.717, 1.165) is 5.56 Å². The molecule has 26 heavy (non-hydrogen) atoms. The number of nitrogens with one attached hydrogen (secondary N) is 1. The van der Waals surface area contributed by atoms with Crippen LogP contribution in [-0.2, 0) is 16.0 Å². The van der Waals surface area contributed by atoms with Gasteiger partial charge in [-0.15, -0.1) is 0 Å². The quantitative estimate of drug-likeness (QED) is 0.850. The summed E-state index contributed by atoms with van der Waals surface area (Å²) >= 11 is 5.98. The van der Waals surface area contributed by atoms with E-state index in [9.17, 15) is 9.59 Å². The number of piperazine rings is 1. The van der Waals surface area contributed by atoms with E-state index in [4.69, 9.17) is 21.1 Å². The largest absolute Gasteiger partial charge is 0.480 e. The van der Waals surface area contributed by atoms with Crippen LogP contribution in [0.3, 0.4) is 0 Å². The molecule has 1 fully saturated rings. The van der Waals surface area contributed by atoms with Gasteiger partial charge in [-0.25, -0.2) is 9.80 Å². The van der Waals surface area contributed by atoms with E-state index in [1.807, 2.05) is 31.8 Å². The van der Waals surface area contributed by atoms with Gasteiger partial charge in [-0.1, -0.05) is 11.6 Å². The molecule has 2 heterocycles. The first-order valence-electron chi connectivity index (χ1n) is 8.70. The van der Waals surface area contributed by atoms with Gasteiger partial charge in [-0.05, 0) is 44.5 Å². The summed E-state index contributed by atoms with van der Waals surface area (Å²) in [6.45, 7) is 7.59. The Morgan fingerprint density at radius 1 is 1.23 bits per heavy atom. The van der Waals surface area contributed by atoms with Crippen molar-refractivity contribution < 1.29 is 19.1 Å². The maximum atomic E-state index is 12.5. The van der Waals surface area contributed by atoms with Crippen molar-refractivity contribution in [3.63, 3.8) is 0 Å². The van der Waals surface area contributed by atoms with Gasteiger partial charge < -0.3 is 14.4 Å². The van der Waals surface area contributed by atoms with Crippen LogP contribution in [0.1, 0.15) is 26.3 Å². The van der Waals surface area contributed by atoms with E-state index in [0.29, 0.717) is 43.4 Å². The fourth-order valence-corrected chi connectivity index (χ4v) is 3.11. The summed E-state index contributed by atoms with van der Waals surface area (Å²) < 4.78 is 11.1. The van der Waals surface area contributed by atoms with E-state index in [-0.39, 0.29) is 12.0 Å². The van der Waals surface area contributed by atoms with Crippen LogP contribution in [0, 0.1) is 0 Å². The Labute approximate surface area is 158 Å². The monoisotopic (exact) mass is 381 g/mol. The molecule has 1 unspecified atom stereocenters. The van der Waals surface area contributed by atoms with Crippen molar-refractivity contribution in [2.45, 2.75) is 38.9 Å². The molecule has 1 aromatic rings. The van der Waals surface area contributed by atoms with E-state index >= 15 is 0 Å². The minimum Gasteiger partial charge on any atom is -0.480 e. The number of halogens is 1. The van der Waals surface area contributed by atoms with Crippen LogP contribution in [-0.4, -0.2) is 59.8 Å². The Hall–Kier alpha value is -1.99. The first kappa shape index (κ1) is 18.8. The number of rotatable bonds is 2. The summed E-state index contributed by atoms with van der Waals surface area (Å²) in [5, 5.41) is 2.44. The first-order chi connectivity index (χ1) is 12.2. The summed E-state index contributed by atoms with van der Waals surface area (Å²) in [6, 6.07) is 5.35. The van der Waals surface area contributed by atoms with E-state index < -0.39 is 11.7 Å². The van der Waals surface area contributed by atoms with E-state index in [1.54, 1.807) is 17.0 Å². The van der Waals surface area contributed by atoms with Crippen LogP contribution in [0.4, 0.5) is 4.79 Å². The topological polar surface area (TPSA) is 71.1 Å². The molecule has 1 aromatic carbocycles. The van der Waals surface area contributed by atoms with Crippen molar-refractivity contribution in [1.29, 1.82) is 0 Å². The fraction of sp³-hybridized carbons (Fsp3) is 0.556. The first-order valence-corrected chi connectivity index (χ1v) is 9.07. The molecule has 1 saturated heterocycles. The number of hydrazine groups is 1. The second-order valence-electron chi connectivity index (χ2n) is 7.49. The van der Waals surface area contributed by atoms with E-state index in [1.165, 1.54) is 0 Å². The van der Waals surface area contributed by atoms with Crippen LogP contribution in [0.25, 0.3) is 0 Å². The van der Waals surface area contributed by atoms with Crippen LogP contribution in [0.2, 0.25) is 5.02 Å². The summed E-state index contributed by atoms with van der Waals surface area (Å²) in [7, 11) is 0. The van der Waals surface area contributed by atoms with Crippen molar-refractivity contribution in [2.24, 2.45) is 0 Å².